The van der Waals surface area contributed by atoms with Crippen molar-refractivity contribution >= 4 is 21.5 Å². The Balaban J connectivity index is 2.40. The molecule has 2 atom stereocenters. The van der Waals surface area contributed by atoms with E-state index in [0.29, 0.717) is 23.3 Å². The monoisotopic (exact) mass is 313 g/mol. The normalized spacial score (nSPS) is 30.1. The average molecular weight is 313 g/mol. The molecule has 2 rings (SSSR count). The first-order valence-electron chi connectivity index (χ1n) is 6.47. The summed E-state index contributed by atoms with van der Waals surface area (Å²) in [7, 11) is -1.67. The smallest absolute Gasteiger partial charge is 0.270 e. The molecule has 2 N–H and O–H groups in total. The fraction of sp³-hybridized carbons (Fsp3) is 0.538. The van der Waals surface area contributed by atoms with Gasteiger partial charge >= 0.3 is 0 Å². The van der Waals surface area contributed by atoms with Gasteiger partial charge < -0.3 is 5.21 Å². The minimum Gasteiger partial charge on any atom is -0.315 e. The third kappa shape index (κ3) is 2.54. The van der Waals surface area contributed by atoms with Gasteiger partial charge in [-0.05, 0) is 25.8 Å². The fourth-order valence-electron chi connectivity index (χ4n) is 2.66. The van der Waals surface area contributed by atoms with E-state index in [2.05, 4.69) is 5.10 Å². The number of hydrogen-bond acceptors (Lipinski definition) is 6. The summed E-state index contributed by atoms with van der Waals surface area (Å²) in [5.41, 5.74) is 2.41. The van der Waals surface area contributed by atoms with Crippen molar-refractivity contribution in [3.8, 4) is 0 Å². The molecule has 0 bridgehead atoms. The second kappa shape index (κ2) is 5.04. The van der Waals surface area contributed by atoms with Crippen molar-refractivity contribution < 1.29 is 18.4 Å². The molecule has 0 saturated carbocycles. The molecule has 0 aromatic heterocycles. The van der Waals surface area contributed by atoms with Gasteiger partial charge in [0.1, 0.15) is 0 Å². The van der Waals surface area contributed by atoms with Crippen molar-refractivity contribution in [2.75, 3.05) is 13.3 Å². The van der Waals surface area contributed by atoms with E-state index in [9.17, 15) is 18.4 Å². The number of amides is 1. The summed E-state index contributed by atoms with van der Waals surface area (Å²) in [6, 6.07) is 0. The maximum Gasteiger partial charge on any atom is 0.270 e. The largest absolute Gasteiger partial charge is 0.315 e. The predicted molar refractivity (Wildman–Crippen MR) is 78.6 cm³/mol. The van der Waals surface area contributed by atoms with Gasteiger partial charge in [0.05, 0.1) is 11.0 Å². The molecule has 0 saturated heterocycles. The first-order valence-corrected chi connectivity index (χ1v) is 8.43. The van der Waals surface area contributed by atoms with E-state index in [-0.39, 0.29) is 5.91 Å². The van der Waals surface area contributed by atoms with Crippen molar-refractivity contribution in [1.82, 2.24) is 10.5 Å². The van der Waals surface area contributed by atoms with Crippen LogP contribution in [0.15, 0.2) is 28.4 Å². The maximum absolute atomic E-state index is 12.1. The molecular formula is C13H19N3O4S. The molecule has 0 spiro atoms. The molecule has 1 amide bonds. The Morgan fingerprint density at radius 1 is 1.52 bits per heavy atom. The summed E-state index contributed by atoms with van der Waals surface area (Å²) in [5.74, 6) is -0.378. The van der Waals surface area contributed by atoms with Crippen LogP contribution in [0.1, 0.15) is 20.3 Å². The molecule has 1 heterocycles. The number of nitrogens with one attached hydrogen (secondary N) is 1. The van der Waals surface area contributed by atoms with Crippen LogP contribution in [0.4, 0.5) is 0 Å². The fourth-order valence-corrected chi connectivity index (χ4v) is 3.85. The van der Waals surface area contributed by atoms with Crippen molar-refractivity contribution in [1.29, 1.82) is 0 Å². The van der Waals surface area contributed by atoms with Crippen LogP contribution in [-0.2, 0) is 14.6 Å². The van der Waals surface area contributed by atoms with Crippen LogP contribution in [-0.4, -0.2) is 54.3 Å². The third-order valence-corrected chi connectivity index (χ3v) is 5.50. The number of nitrogens with zero attached hydrogens (tertiary/aromatic N) is 2. The lowest BCUT2D eigenvalue weighted by molar-refractivity contribution is -0.134. The van der Waals surface area contributed by atoms with Gasteiger partial charge in [0.2, 0.25) is 0 Å². The summed E-state index contributed by atoms with van der Waals surface area (Å²) >= 11 is 0. The second-order valence-corrected chi connectivity index (χ2v) is 7.84. The zero-order valence-corrected chi connectivity index (χ0v) is 13.2. The van der Waals surface area contributed by atoms with Gasteiger partial charge in [-0.25, -0.2) is 13.4 Å². The summed E-state index contributed by atoms with van der Waals surface area (Å²) in [4.78, 5) is 12.1. The molecule has 0 aromatic carbocycles. The number of allylic oxidation sites excluding steroid dienone is 2. The lowest BCUT2D eigenvalue weighted by Crippen LogP contribution is -2.54. The number of hydrogen-bond donors (Lipinski definition) is 2. The molecule has 1 aliphatic carbocycles. The molecule has 2 aliphatic rings. The lowest BCUT2D eigenvalue weighted by Gasteiger charge is -2.25. The average Bonchev–Trinajstić information content (AvgIpc) is 2.62. The quantitative estimate of drug-likeness (QED) is 0.727. The lowest BCUT2D eigenvalue weighted by atomic mass is 9.87. The second-order valence-electron chi connectivity index (χ2n) is 5.62. The molecule has 1 aliphatic heterocycles. The highest BCUT2D eigenvalue weighted by atomic mass is 32.2. The number of carbonyl (C=O) groups is 1. The van der Waals surface area contributed by atoms with E-state index < -0.39 is 20.6 Å². The molecule has 21 heavy (non-hydrogen) atoms. The highest BCUT2D eigenvalue weighted by Crippen LogP contribution is 2.30. The molecule has 0 fully saturated rings. The first-order chi connectivity index (χ1) is 9.61. The van der Waals surface area contributed by atoms with E-state index in [0.717, 1.165) is 5.01 Å². The number of likely N-dealkylation sites (N-methyl/N-ethyl adjacent to an activating group) is 1. The van der Waals surface area contributed by atoms with Crippen LogP contribution in [0.25, 0.3) is 0 Å². The predicted octanol–water partition coefficient (Wildman–Crippen LogP) is 0.242. The minimum atomic E-state index is -3.17. The van der Waals surface area contributed by atoms with Crippen LogP contribution in [0.3, 0.4) is 0 Å². The van der Waals surface area contributed by atoms with Crippen LogP contribution >= 0.6 is 0 Å². The number of carbonyl (C=O) groups excluding carboxylic acids is 1. The highest BCUT2D eigenvalue weighted by Gasteiger charge is 2.47. The Bertz CT molecular complexity index is 678. The highest BCUT2D eigenvalue weighted by molar-refractivity contribution is 7.91. The number of rotatable bonds is 3. The molecule has 7 nitrogen and oxygen atoms in total. The molecule has 0 radical (unpaired) electrons. The van der Waals surface area contributed by atoms with Crippen molar-refractivity contribution in [2.24, 2.45) is 5.10 Å². The third-order valence-electron chi connectivity index (χ3n) is 3.90. The Kier molecular flexibility index (Phi) is 3.81. The van der Waals surface area contributed by atoms with E-state index in [4.69, 9.17) is 0 Å². The Hall–Kier alpha value is -1.51. The van der Waals surface area contributed by atoms with Gasteiger partial charge in [0, 0.05) is 13.3 Å². The van der Waals surface area contributed by atoms with Gasteiger partial charge in [0.25, 0.3) is 5.91 Å². The van der Waals surface area contributed by atoms with Gasteiger partial charge in [-0.2, -0.15) is 10.6 Å². The minimum absolute atomic E-state index is 0.328. The molecule has 116 valence electrons. The van der Waals surface area contributed by atoms with Gasteiger partial charge in [0.15, 0.2) is 15.4 Å². The van der Waals surface area contributed by atoms with Gasteiger partial charge in [-0.1, -0.05) is 17.7 Å². The molecule has 0 aromatic rings. The number of hydrazone groups is 1. The SMILES string of the molecule is CC1=CC(C2=NN(C)C(=O)C2(C)NO)=CCC1S(C)(=O)=O. The summed E-state index contributed by atoms with van der Waals surface area (Å²) in [5, 5.41) is 14.1. The molecule has 2 unspecified atom stereocenters. The van der Waals surface area contributed by atoms with E-state index in [1.807, 2.05) is 5.48 Å². The molecular weight excluding hydrogens is 294 g/mol. The van der Waals surface area contributed by atoms with Crippen molar-refractivity contribution in [3.63, 3.8) is 0 Å². The standard InChI is InChI=1S/C13H19N3O4S/c1-8-7-9(5-6-10(8)21(4,19)20)11-13(2,15-18)12(17)16(3)14-11/h5,7,10,15,18H,6H2,1-4H3. The number of sulfone groups is 1. The molecule has 8 heteroatoms. The van der Waals surface area contributed by atoms with Gasteiger partial charge in [-0.15, -0.1) is 0 Å². The summed E-state index contributed by atoms with van der Waals surface area (Å²) < 4.78 is 23.4. The zero-order valence-electron chi connectivity index (χ0n) is 12.4. The Labute approximate surface area is 123 Å². The van der Waals surface area contributed by atoms with Gasteiger partial charge in [-0.3, -0.25) is 4.79 Å². The summed E-state index contributed by atoms with van der Waals surface area (Å²) in [6.07, 6.45) is 4.97. The van der Waals surface area contributed by atoms with E-state index in [1.54, 1.807) is 19.1 Å². The summed E-state index contributed by atoms with van der Waals surface area (Å²) in [6.45, 7) is 3.27. The van der Waals surface area contributed by atoms with E-state index >= 15 is 0 Å². The van der Waals surface area contributed by atoms with Crippen LogP contribution in [0, 0.1) is 0 Å². The Morgan fingerprint density at radius 3 is 2.62 bits per heavy atom. The van der Waals surface area contributed by atoms with Crippen LogP contribution in [0.2, 0.25) is 0 Å². The Morgan fingerprint density at radius 2 is 2.14 bits per heavy atom. The van der Waals surface area contributed by atoms with E-state index in [1.165, 1.54) is 20.2 Å². The van der Waals surface area contributed by atoms with Crippen LogP contribution < -0.4 is 5.48 Å². The van der Waals surface area contributed by atoms with Crippen molar-refractivity contribution in [3.05, 3.63) is 23.3 Å². The topological polar surface area (TPSA) is 99.1 Å². The zero-order chi connectivity index (χ0) is 16.0. The van der Waals surface area contributed by atoms with Crippen molar-refractivity contribution in [2.45, 2.75) is 31.1 Å². The van der Waals surface area contributed by atoms with Crippen LogP contribution in [0.5, 0.6) is 0 Å². The number of hydroxylamine groups is 1. The first kappa shape index (κ1) is 15.9. The maximum atomic E-state index is 12.1.